The number of nitrogens with one attached hydrogen (secondary N) is 1. The molecule has 1 aromatic heterocycles. The second kappa shape index (κ2) is 4.01. The predicted molar refractivity (Wildman–Crippen MR) is 64.0 cm³/mol. The van der Waals surface area contributed by atoms with Crippen molar-refractivity contribution in [1.82, 2.24) is 9.88 Å². The van der Waals surface area contributed by atoms with Crippen molar-refractivity contribution in [2.24, 2.45) is 0 Å². The molecule has 1 aliphatic heterocycles. The van der Waals surface area contributed by atoms with Crippen molar-refractivity contribution in [1.29, 1.82) is 0 Å². The minimum atomic E-state index is 0.606. The topological polar surface area (TPSA) is 19.0 Å². The van der Waals surface area contributed by atoms with E-state index in [0.29, 0.717) is 18.1 Å². The summed E-state index contributed by atoms with van der Waals surface area (Å²) in [4.78, 5) is 6.03. The van der Waals surface area contributed by atoms with Gasteiger partial charge in [0.2, 0.25) is 0 Å². The highest BCUT2D eigenvalue weighted by atomic mass is 15.2. The molecule has 2 heterocycles. The number of H-pyrrole nitrogens is 1. The summed E-state index contributed by atoms with van der Waals surface area (Å²) >= 11 is 0. The summed E-state index contributed by atoms with van der Waals surface area (Å²) in [6.45, 7) is 9.23. The van der Waals surface area contributed by atoms with Crippen LogP contribution in [0.2, 0.25) is 0 Å². The SMILES string of the molecule is CC[C@@H]1c2cc[nH]c2C[C@@H](C)N1C(C)C. The van der Waals surface area contributed by atoms with Crippen LogP contribution in [0.3, 0.4) is 0 Å². The maximum atomic E-state index is 3.39. The van der Waals surface area contributed by atoms with Gasteiger partial charge in [0.1, 0.15) is 0 Å². The van der Waals surface area contributed by atoms with Gasteiger partial charge in [0, 0.05) is 36.4 Å². The zero-order valence-corrected chi connectivity index (χ0v) is 10.2. The minimum absolute atomic E-state index is 0.606. The van der Waals surface area contributed by atoms with E-state index in [9.17, 15) is 0 Å². The van der Waals surface area contributed by atoms with E-state index in [-0.39, 0.29) is 0 Å². The number of hydrogen-bond donors (Lipinski definition) is 1. The average Bonchev–Trinajstić information content (AvgIpc) is 2.62. The van der Waals surface area contributed by atoms with E-state index < -0.39 is 0 Å². The Hall–Kier alpha value is -0.760. The van der Waals surface area contributed by atoms with Gasteiger partial charge < -0.3 is 4.98 Å². The van der Waals surface area contributed by atoms with Crippen LogP contribution < -0.4 is 0 Å². The van der Waals surface area contributed by atoms with Crippen LogP contribution in [0.25, 0.3) is 0 Å². The Labute approximate surface area is 92.7 Å². The number of aromatic amines is 1. The zero-order valence-electron chi connectivity index (χ0n) is 10.2. The van der Waals surface area contributed by atoms with E-state index in [2.05, 4.69) is 49.8 Å². The fourth-order valence-corrected chi connectivity index (χ4v) is 3.07. The van der Waals surface area contributed by atoms with Gasteiger partial charge >= 0.3 is 0 Å². The Morgan fingerprint density at radius 1 is 1.53 bits per heavy atom. The number of rotatable bonds is 2. The molecule has 1 aliphatic rings. The summed E-state index contributed by atoms with van der Waals surface area (Å²) in [6.07, 6.45) is 4.45. The van der Waals surface area contributed by atoms with Crippen LogP contribution in [0, 0.1) is 0 Å². The predicted octanol–water partition coefficient (Wildman–Crippen LogP) is 3.12. The Morgan fingerprint density at radius 3 is 2.87 bits per heavy atom. The highest BCUT2D eigenvalue weighted by molar-refractivity contribution is 5.28. The molecule has 1 aromatic rings. The van der Waals surface area contributed by atoms with E-state index in [0.717, 1.165) is 6.42 Å². The van der Waals surface area contributed by atoms with Gasteiger partial charge in [0.15, 0.2) is 0 Å². The standard InChI is InChI=1S/C13H22N2/c1-5-13-11-6-7-14-12(11)8-10(4)15(13)9(2)3/h6-7,9-10,13-14H,5,8H2,1-4H3/t10-,13-/m1/s1. The molecule has 0 bridgehead atoms. The first-order valence-corrected chi connectivity index (χ1v) is 6.08. The number of fused-ring (bicyclic) bond motifs is 1. The van der Waals surface area contributed by atoms with Crippen LogP contribution in [-0.4, -0.2) is 22.0 Å². The molecule has 2 heteroatoms. The van der Waals surface area contributed by atoms with Gasteiger partial charge in [0.25, 0.3) is 0 Å². The molecular weight excluding hydrogens is 184 g/mol. The highest BCUT2D eigenvalue weighted by Gasteiger charge is 2.32. The fraction of sp³-hybridized carbons (Fsp3) is 0.692. The quantitative estimate of drug-likeness (QED) is 0.787. The molecule has 0 aliphatic carbocycles. The molecule has 0 unspecified atom stereocenters. The summed E-state index contributed by atoms with van der Waals surface area (Å²) in [6, 6.07) is 4.15. The lowest BCUT2D eigenvalue weighted by atomic mass is 9.91. The normalized spacial score (nSPS) is 27.0. The molecule has 0 saturated carbocycles. The van der Waals surface area contributed by atoms with Gasteiger partial charge in [0.05, 0.1) is 0 Å². The number of aromatic nitrogens is 1. The van der Waals surface area contributed by atoms with E-state index >= 15 is 0 Å². The summed E-state index contributed by atoms with van der Waals surface area (Å²) in [7, 11) is 0. The molecule has 2 rings (SSSR count). The Morgan fingerprint density at radius 2 is 2.27 bits per heavy atom. The van der Waals surface area contributed by atoms with Crippen molar-refractivity contribution in [3.05, 3.63) is 23.5 Å². The lowest BCUT2D eigenvalue weighted by Gasteiger charge is -2.43. The molecule has 1 N–H and O–H groups in total. The first-order chi connectivity index (χ1) is 7.15. The molecule has 0 saturated heterocycles. The number of hydrogen-bond acceptors (Lipinski definition) is 1. The second-order valence-electron chi connectivity index (χ2n) is 4.93. The van der Waals surface area contributed by atoms with Crippen molar-refractivity contribution in [3.63, 3.8) is 0 Å². The molecular formula is C13H22N2. The Balaban J connectivity index is 2.36. The van der Waals surface area contributed by atoms with Crippen LogP contribution >= 0.6 is 0 Å². The van der Waals surface area contributed by atoms with E-state index in [1.165, 1.54) is 17.7 Å². The highest BCUT2D eigenvalue weighted by Crippen LogP contribution is 2.35. The summed E-state index contributed by atoms with van der Waals surface area (Å²) in [5, 5.41) is 0. The summed E-state index contributed by atoms with van der Waals surface area (Å²) < 4.78 is 0. The van der Waals surface area contributed by atoms with Crippen LogP contribution in [-0.2, 0) is 6.42 Å². The van der Waals surface area contributed by atoms with E-state index in [1.54, 1.807) is 0 Å². The van der Waals surface area contributed by atoms with Crippen LogP contribution in [0.1, 0.15) is 51.4 Å². The van der Waals surface area contributed by atoms with Gasteiger partial charge in [-0.1, -0.05) is 6.92 Å². The lowest BCUT2D eigenvalue weighted by Crippen LogP contribution is -2.45. The van der Waals surface area contributed by atoms with Crippen molar-refractivity contribution in [2.45, 2.75) is 58.7 Å². The molecule has 0 radical (unpaired) electrons. The van der Waals surface area contributed by atoms with Gasteiger partial charge in [-0.15, -0.1) is 0 Å². The summed E-state index contributed by atoms with van der Waals surface area (Å²) in [5.41, 5.74) is 2.97. The van der Waals surface area contributed by atoms with Crippen molar-refractivity contribution < 1.29 is 0 Å². The first kappa shape index (κ1) is 10.7. The van der Waals surface area contributed by atoms with E-state index in [1.807, 2.05) is 0 Å². The smallest absolute Gasteiger partial charge is 0.0368 e. The molecule has 15 heavy (non-hydrogen) atoms. The molecule has 0 fully saturated rings. The largest absolute Gasteiger partial charge is 0.365 e. The molecule has 2 atom stereocenters. The molecule has 0 aromatic carbocycles. The van der Waals surface area contributed by atoms with Crippen LogP contribution in [0.5, 0.6) is 0 Å². The third kappa shape index (κ3) is 1.71. The van der Waals surface area contributed by atoms with Gasteiger partial charge in [-0.25, -0.2) is 0 Å². The molecule has 84 valence electrons. The van der Waals surface area contributed by atoms with Gasteiger partial charge in [-0.3, -0.25) is 4.90 Å². The third-order valence-corrected chi connectivity index (χ3v) is 3.58. The van der Waals surface area contributed by atoms with Crippen molar-refractivity contribution in [2.75, 3.05) is 0 Å². The first-order valence-electron chi connectivity index (χ1n) is 6.08. The maximum Gasteiger partial charge on any atom is 0.0368 e. The van der Waals surface area contributed by atoms with Gasteiger partial charge in [-0.2, -0.15) is 0 Å². The third-order valence-electron chi connectivity index (χ3n) is 3.58. The summed E-state index contributed by atoms with van der Waals surface area (Å²) in [5.74, 6) is 0. The molecule has 0 amide bonds. The zero-order chi connectivity index (χ0) is 11.0. The number of nitrogens with zero attached hydrogens (tertiary/aromatic N) is 1. The Kier molecular flexibility index (Phi) is 2.87. The monoisotopic (exact) mass is 206 g/mol. The van der Waals surface area contributed by atoms with Crippen LogP contribution in [0.4, 0.5) is 0 Å². The molecule has 2 nitrogen and oxygen atoms in total. The lowest BCUT2D eigenvalue weighted by molar-refractivity contribution is 0.0863. The maximum absolute atomic E-state index is 3.39. The fourth-order valence-electron chi connectivity index (χ4n) is 3.07. The van der Waals surface area contributed by atoms with Gasteiger partial charge in [-0.05, 0) is 38.8 Å². The van der Waals surface area contributed by atoms with Crippen molar-refractivity contribution in [3.8, 4) is 0 Å². The average molecular weight is 206 g/mol. The Bertz CT molecular complexity index is 327. The van der Waals surface area contributed by atoms with Crippen LogP contribution in [0.15, 0.2) is 12.3 Å². The van der Waals surface area contributed by atoms with Crippen molar-refractivity contribution >= 4 is 0 Å². The van der Waals surface area contributed by atoms with E-state index in [4.69, 9.17) is 0 Å². The second-order valence-corrected chi connectivity index (χ2v) is 4.93. The minimum Gasteiger partial charge on any atom is -0.365 e. The molecule has 0 spiro atoms.